The van der Waals surface area contributed by atoms with Gasteiger partial charge in [0.2, 0.25) is 0 Å². The van der Waals surface area contributed by atoms with Crippen LogP contribution in [0.25, 0.3) is 11.0 Å². The highest BCUT2D eigenvalue weighted by Crippen LogP contribution is 2.30. The van der Waals surface area contributed by atoms with Crippen LogP contribution in [0.15, 0.2) is 28.7 Å². The third-order valence-electron chi connectivity index (χ3n) is 4.00. The summed E-state index contributed by atoms with van der Waals surface area (Å²) in [5, 5.41) is 5.90. The van der Waals surface area contributed by atoms with Crippen LogP contribution in [0, 0.1) is 0 Å². The van der Waals surface area contributed by atoms with Crippen LogP contribution in [0.3, 0.4) is 0 Å². The molecule has 2 aromatic rings. The Morgan fingerprint density at radius 2 is 1.95 bits per heavy atom. The second-order valence-corrected chi connectivity index (χ2v) is 7.86. The first kappa shape index (κ1) is 14.9. The minimum absolute atomic E-state index is 0.708. The third-order valence-corrected chi connectivity index (χ3v) is 5.22. The predicted molar refractivity (Wildman–Crippen MR) is 90.8 cm³/mol. The quantitative estimate of drug-likeness (QED) is 0.936. The fourth-order valence-corrected chi connectivity index (χ4v) is 4.65. The summed E-state index contributed by atoms with van der Waals surface area (Å²) in [6.45, 7) is 8.76. The van der Waals surface area contributed by atoms with Gasteiger partial charge in [0.25, 0.3) is 0 Å². The number of para-hydroxylation sites is 1. The van der Waals surface area contributed by atoms with Crippen molar-refractivity contribution in [1.29, 1.82) is 0 Å². The van der Waals surface area contributed by atoms with Gasteiger partial charge in [-0.25, -0.2) is 0 Å². The van der Waals surface area contributed by atoms with Gasteiger partial charge >= 0.3 is 0 Å². The normalized spacial score (nSPS) is 23.8. The molecule has 3 rings (SSSR count). The van der Waals surface area contributed by atoms with E-state index in [0.29, 0.717) is 10.5 Å². The Morgan fingerprint density at radius 3 is 2.67 bits per heavy atom. The molecule has 1 N–H and O–H groups in total. The first-order valence-corrected chi connectivity index (χ1v) is 8.63. The largest absolute Gasteiger partial charge is 0.459 e. The molecule has 1 saturated heterocycles. The molecule has 0 amide bonds. The smallest absolute Gasteiger partial charge is 0.134 e. The SMILES string of the molecule is CNCc1oc2ccccc2c1CN1CC(C)SC(C)C1. The number of hydrogen-bond acceptors (Lipinski definition) is 4. The maximum atomic E-state index is 6.04. The van der Waals surface area contributed by atoms with Crippen molar-refractivity contribution in [2.45, 2.75) is 37.4 Å². The summed E-state index contributed by atoms with van der Waals surface area (Å²) < 4.78 is 6.04. The molecule has 0 spiro atoms. The van der Waals surface area contributed by atoms with Crippen LogP contribution in [0.4, 0.5) is 0 Å². The first-order valence-electron chi connectivity index (χ1n) is 7.69. The van der Waals surface area contributed by atoms with E-state index in [0.717, 1.165) is 37.5 Å². The topological polar surface area (TPSA) is 28.4 Å². The average Bonchev–Trinajstić information content (AvgIpc) is 2.76. The van der Waals surface area contributed by atoms with Gasteiger partial charge in [-0.3, -0.25) is 4.90 Å². The average molecular weight is 304 g/mol. The number of fused-ring (bicyclic) bond motifs is 1. The molecular formula is C17H24N2OS. The molecule has 2 atom stereocenters. The molecule has 0 saturated carbocycles. The summed E-state index contributed by atoms with van der Waals surface area (Å²) >= 11 is 2.10. The lowest BCUT2D eigenvalue weighted by atomic mass is 10.1. The molecule has 4 heteroatoms. The summed E-state index contributed by atoms with van der Waals surface area (Å²) in [6, 6.07) is 8.39. The highest BCUT2D eigenvalue weighted by atomic mass is 32.2. The monoisotopic (exact) mass is 304 g/mol. The van der Waals surface area contributed by atoms with Gasteiger partial charge in [0.15, 0.2) is 0 Å². The third kappa shape index (κ3) is 3.28. The number of rotatable bonds is 4. The Morgan fingerprint density at radius 1 is 1.24 bits per heavy atom. The molecule has 1 aliphatic heterocycles. The number of thioether (sulfide) groups is 1. The highest BCUT2D eigenvalue weighted by Gasteiger charge is 2.24. The standard InChI is InChI=1S/C17H24N2OS/c1-12-9-19(10-13(2)21-12)11-15-14-6-4-5-7-16(14)20-17(15)8-18-3/h4-7,12-13,18H,8-11H2,1-3H3. The molecule has 1 aromatic carbocycles. The van der Waals surface area contributed by atoms with Crippen LogP contribution < -0.4 is 5.32 Å². The van der Waals surface area contributed by atoms with Gasteiger partial charge in [0, 0.05) is 41.1 Å². The number of nitrogens with zero attached hydrogens (tertiary/aromatic N) is 1. The maximum Gasteiger partial charge on any atom is 0.134 e. The number of hydrogen-bond donors (Lipinski definition) is 1. The van der Waals surface area contributed by atoms with Gasteiger partial charge in [0.05, 0.1) is 6.54 Å². The maximum absolute atomic E-state index is 6.04. The zero-order valence-electron chi connectivity index (χ0n) is 13.1. The van der Waals surface area contributed by atoms with Gasteiger partial charge in [-0.1, -0.05) is 32.0 Å². The van der Waals surface area contributed by atoms with E-state index >= 15 is 0 Å². The summed E-state index contributed by atoms with van der Waals surface area (Å²) in [5.74, 6) is 1.08. The van der Waals surface area contributed by atoms with E-state index in [9.17, 15) is 0 Å². The Bertz CT molecular complexity index is 600. The minimum Gasteiger partial charge on any atom is -0.459 e. The lowest BCUT2D eigenvalue weighted by Gasteiger charge is -2.34. The van der Waals surface area contributed by atoms with Crippen molar-refractivity contribution in [3.63, 3.8) is 0 Å². The predicted octanol–water partition coefficient (Wildman–Crippen LogP) is 3.48. The van der Waals surface area contributed by atoms with Crippen molar-refractivity contribution in [2.75, 3.05) is 20.1 Å². The fourth-order valence-electron chi connectivity index (χ4n) is 3.26. The molecule has 1 aromatic heterocycles. The highest BCUT2D eigenvalue weighted by molar-refractivity contribution is 8.00. The molecular weight excluding hydrogens is 280 g/mol. The molecule has 114 valence electrons. The van der Waals surface area contributed by atoms with Crippen LogP contribution >= 0.6 is 11.8 Å². The van der Waals surface area contributed by atoms with Gasteiger partial charge in [0.1, 0.15) is 11.3 Å². The lowest BCUT2D eigenvalue weighted by Crippen LogP contribution is -2.39. The van der Waals surface area contributed by atoms with Crippen LogP contribution in [-0.4, -0.2) is 35.5 Å². The molecule has 1 fully saturated rings. The summed E-state index contributed by atoms with van der Waals surface area (Å²) in [7, 11) is 1.97. The molecule has 0 aliphatic carbocycles. The fraction of sp³-hybridized carbons (Fsp3) is 0.529. The van der Waals surface area contributed by atoms with Crippen LogP contribution in [0.5, 0.6) is 0 Å². The van der Waals surface area contributed by atoms with Crippen molar-refractivity contribution < 1.29 is 4.42 Å². The first-order chi connectivity index (χ1) is 10.2. The van der Waals surface area contributed by atoms with Crippen molar-refractivity contribution >= 4 is 22.7 Å². The van der Waals surface area contributed by atoms with E-state index in [1.165, 1.54) is 10.9 Å². The summed E-state index contributed by atoms with van der Waals surface area (Å²) in [6.07, 6.45) is 0. The second-order valence-electron chi connectivity index (χ2n) is 5.98. The van der Waals surface area contributed by atoms with Crippen molar-refractivity contribution in [3.05, 3.63) is 35.6 Å². The zero-order valence-corrected chi connectivity index (χ0v) is 13.9. The molecule has 0 bridgehead atoms. The number of furan rings is 1. The number of benzene rings is 1. The Hall–Kier alpha value is -0.970. The van der Waals surface area contributed by atoms with E-state index in [1.54, 1.807) is 0 Å². The van der Waals surface area contributed by atoms with Gasteiger partial charge < -0.3 is 9.73 Å². The van der Waals surface area contributed by atoms with Crippen molar-refractivity contribution in [3.8, 4) is 0 Å². The second kappa shape index (κ2) is 6.42. The van der Waals surface area contributed by atoms with E-state index in [2.05, 4.69) is 54.0 Å². The van der Waals surface area contributed by atoms with E-state index in [1.807, 2.05) is 13.1 Å². The van der Waals surface area contributed by atoms with Crippen molar-refractivity contribution in [2.24, 2.45) is 0 Å². The molecule has 1 aliphatic rings. The summed E-state index contributed by atoms with van der Waals surface area (Å²) in [5.41, 5.74) is 2.36. The van der Waals surface area contributed by atoms with Gasteiger partial charge in [-0.15, -0.1) is 0 Å². The molecule has 2 unspecified atom stereocenters. The molecule has 3 nitrogen and oxygen atoms in total. The lowest BCUT2D eigenvalue weighted by molar-refractivity contribution is 0.261. The zero-order chi connectivity index (χ0) is 14.8. The Balaban J connectivity index is 1.89. The summed E-state index contributed by atoms with van der Waals surface area (Å²) in [4.78, 5) is 2.57. The van der Waals surface area contributed by atoms with Crippen LogP contribution in [0.1, 0.15) is 25.2 Å². The number of nitrogens with one attached hydrogen (secondary N) is 1. The van der Waals surface area contributed by atoms with E-state index < -0.39 is 0 Å². The van der Waals surface area contributed by atoms with E-state index in [4.69, 9.17) is 4.42 Å². The van der Waals surface area contributed by atoms with Crippen LogP contribution in [0.2, 0.25) is 0 Å². The van der Waals surface area contributed by atoms with Gasteiger partial charge in [-0.2, -0.15) is 11.8 Å². The van der Waals surface area contributed by atoms with Crippen LogP contribution in [-0.2, 0) is 13.1 Å². The van der Waals surface area contributed by atoms with E-state index in [-0.39, 0.29) is 0 Å². The molecule has 2 heterocycles. The Kier molecular flexibility index (Phi) is 4.57. The minimum atomic E-state index is 0.708. The van der Waals surface area contributed by atoms with Crippen molar-refractivity contribution in [1.82, 2.24) is 10.2 Å². The molecule has 0 radical (unpaired) electrons. The molecule has 21 heavy (non-hydrogen) atoms. The van der Waals surface area contributed by atoms with Gasteiger partial charge in [-0.05, 0) is 13.1 Å². The Labute approximate surface area is 131 Å².